The maximum atomic E-state index is 12.2. The first kappa shape index (κ1) is 14.9. The minimum absolute atomic E-state index is 0.194. The van der Waals surface area contributed by atoms with E-state index in [1.165, 1.54) is 4.57 Å². The Bertz CT molecular complexity index is 560. The normalized spacial score (nSPS) is 29.4. The van der Waals surface area contributed by atoms with Gasteiger partial charge >= 0.3 is 5.69 Å². The van der Waals surface area contributed by atoms with Crippen LogP contribution in [0.4, 0.5) is 0 Å². The molecule has 0 spiro atoms. The predicted molar refractivity (Wildman–Crippen MR) is 78.1 cm³/mol. The first-order valence-electron chi connectivity index (χ1n) is 7.19. The zero-order valence-electron chi connectivity index (χ0n) is 12.8. The summed E-state index contributed by atoms with van der Waals surface area (Å²) in [5.74, 6) is 1.15. The third kappa shape index (κ3) is 2.82. The molecular formula is C15H23N3O2. The summed E-state index contributed by atoms with van der Waals surface area (Å²) in [6.07, 6.45) is 4.23. The number of ether oxygens (including phenoxy) is 1. The van der Waals surface area contributed by atoms with Crippen molar-refractivity contribution in [2.24, 2.45) is 11.8 Å². The van der Waals surface area contributed by atoms with Gasteiger partial charge < -0.3 is 4.74 Å². The summed E-state index contributed by atoms with van der Waals surface area (Å²) in [5, 5.41) is 0. The van der Waals surface area contributed by atoms with E-state index in [0.29, 0.717) is 11.7 Å². The van der Waals surface area contributed by atoms with E-state index in [1.54, 1.807) is 12.4 Å². The van der Waals surface area contributed by atoms with Crippen LogP contribution in [-0.4, -0.2) is 20.6 Å². The van der Waals surface area contributed by atoms with Crippen LogP contribution < -0.4 is 5.69 Å². The van der Waals surface area contributed by atoms with Crippen molar-refractivity contribution in [3.05, 3.63) is 28.2 Å². The van der Waals surface area contributed by atoms with Crippen molar-refractivity contribution in [2.75, 3.05) is 0 Å². The molecule has 1 aliphatic rings. The molecule has 0 aliphatic carbocycles. The van der Waals surface area contributed by atoms with Crippen molar-refractivity contribution in [1.82, 2.24) is 14.5 Å². The van der Waals surface area contributed by atoms with Gasteiger partial charge in [-0.1, -0.05) is 26.3 Å². The van der Waals surface area contributed by atoms with Crippen LogP contribution in [0.3, 0.4) is 0 Å². The lowest BCUT2D eigenvalue weighted by molar-refractivity contribution is -0.0175. The van der Waals surface area contributed by atoms with Crippen LogP contribution in [0.5, 0.6) is 0 Å². The minimum Gasteiger partial charge on any atom is -0.354 e. The molecule has 0 N–H and O–H groups in total. The van der Waals surface area contributed by atoms with Crippen LogP contribution in [0.1, 0.15) is 53.1 Å². The Morgan fingerprint density at radius 2 is 2.10 bits per heavy atom. The molecule has 5 heteroatoms. The fourth-order valence-corrected chi connectivity index (χ4v) is 2.67. The molecule has 0 amide bonds. The van der Waals surface area contributed by atoms with Gasteiger partial charge in [-0.05, 0) is 32.3 Å². The van der Waals surface area contributed by atoms with Gasteiger partial charge in [-0.25, -0.2) is 9.78 Å². The number of hydrogen-bond acceptors (Lipinski definition) is 4. The van der Waals surface area contributed by atoms with Crippen molar-refractivity contribution in [1.29, 1.82) is 0 Å². The highest BCUT2D eigenvalue weighted by molar-refractivity contribution is 5.42. The third-order valence-electron chi connectivity index (χ3n) is 4.02. The molecule has 1 fully saturated rings. The van der Waals surface area contributed by atoms with Crippen molar-refractivity contribution in [3.8, 4) is 0 Å². The summed E-state index contributed by atoms with van der Waals surface area (Å²) in [7, 11) is 0. The average Bonchev–Trinajstić information content (AvgIpc) is 2.66. The standard InChI is InChI=1S/C15H23N3O2/c1-6-12-10(4)11(5)14(20-12)18-8-16-13(7-9(2)3)17-15(18)19/h7-8,10-12,14H,6H2,1-5H3. The second-order valence-electron chi connectivity index (χ2n) is 5.82. The first-order chi connectivity index (χ1) is 9.43. The van der Waals surface area contributed by atoms with Gasteiger partial charge in [0.05, 0.1) is 6.10 Å². The lowest BCUT2D eigenvalue weighted by Gasteiger charge is -2.17. The molecule has 0 bridgehead atoms. The molecule has 4 unspecified atom stereocenters. The molecule has 2 heterocycles. The lowest BCUT2D eigenvalue weighted by atomic mass is 9.92. The molecule has 110 valence electrons. The highest BCUT2D eigenvalue weighted by Crippen LogP contribution is 2.39. The van der Waals surface area contributed by atoms with Gasteiger partial charge in [-0.2, -0.15) is 4.98 Å². The van der Waals surface area contributed by atoms with Crippen LogP contribution >= 0.6 is 0 Å². The van der Waals surface area contributed by atoms with E-state index in [9.17, 15) is 4.79 Å². The molecule has 0 aromatic carbocycles. The summed E-state index contributed by atoms with van der Waals surface area (Å²) >= 11 is 0. The summed E-state index contributed by atoms with van der Waals surface area (Å²) in [6.45, 7) is 10.3. The van der Waals surface area contributed by atoms with E-state index in [4.69, 9.17) is 4.74 Å². The Hall–Kier alpha value is -1.49. The summed E-state index contributed by atoms with van der Waals surface area (Å²) in [4.78, 5) is 20.4. The summed E-state index contributed by atoms with van der Waals surface area (Å²) in [5.41, 5.74) is 0.764. The Morgan fingerprint density at radius 1 is 1.40 bits per heavy atom. The highest BCUT2D eigenvalue weighted by atomic mass is 16.5. The molecule has 0 saturated carbocycles. The van der Waals surface area contributed by atoms with Gasteiger partial charge in [-0.3, -0.25) is 4.57 Å². The van der Waals surface area contributed by atoms with Crippen molar-refractivity contribution >= 4 is 6.08 Å². The monoisotopic (exact) mass is 277 g/mol. The smallest absolute Gasteiger partial charge is 0.352 e. The number of hydrogen-bond donors (Lipinski definition) is 0. The van der Waals surface area contributed by atoms with Crippen molar-refractivity contribution < 1.29 is 4.74 Å². The van der Waals surface area contributed by atoms with E-state index < -0.39 is 0 Å². The fraction of sp³-hybridized carbons (Fsp3) is 0.667. The highest BCUT2D eigenvalue weighted by Gasteiger charge is 2.39. The Labute approximate surface area is 119 Å². The molecule has 1 aliphatic heterocycles. The van der Waals surface area contributed by atoms with Gasteiger partial charge in [0.25, 0.3) is 0 Å². The fourth-order valence-electron chi connectivity index (χ4n) is 2.67. The van der Waals surface area contributed by atoms with Crippen LogP contribution in [0.25, 0.3) is 6.08 Å². The van der Waals surface area contributed by atoms with E-state index >= 15 is 0 Å². The molecule has 4 atom stereocenters. The van der Waals surface area contributed by atoms with Gasteiger partial charge in [0.1, 0.15) is 12.6 Å². The minimum atomic E-state index is -0.298. The van der Waals surface area contributed by atoms with E-state index in [-0.39, 0.29) is 23.9 Å². The first-order valence-corrected chi connectivity index (χ1v) is 7.19. The molecular weight excluding hydrogens is 254 g/mol. The Morgan fingerprint density at radius 3 is 2.60 bits per heavy atom. The van der Waals surface area contributed by atoms with Gasteiger partial charge in [0.15, 0.2) is 5.82 Å². The average molecular weight is 277 g/mol. The van der Waals surface area contributed by atoms with Gasteiger partial charge in [0, 0.05) is 5.92 Å². The van der Waals surface area contributed by atoms with Crippen LogP contribution in [0.15, 0.2) is 16.7 Å². The third-order valence-corrected chi connectivity index (χ3v) is 4.02. The van der Waals surface area contributed by atoms with Crippen LogP contribution in [0.2, 0.25) is 0 Å². The lowest BCUT2D eigenvalue weighted by Crippen LogP contribution is -2.30. The van der Waals surface area contributed by atoms with Crippen molar-refractivity contribution in [2.45, 2.75) is 53.4 Å². The van der Waals surface area contributed by atoms with E-state index in [0.717, 1.165) is 12.0 Å². The summed E-state index contributed by atoms with van der Waals surface area (Å²) < 4.78 is 7.50. The molecule has 1 saturated heterocycles. The molecule has 1 aromatic heterocycles. The topological polar surface area (TPSA) is 57.0 Å². The predicted octanol–water partition coefficient (Wildman–Crippen LogP) is 2.64. The SMILES string of the molecule is CCC1OC(n2cnc(C=C(C)C)nc2=O)C(C)C1C. The number of rotatable bonds is 3. The van der Waals surface area contributed by atoms with Gasteiger partial charge in [0.2, 0.25) is 0 Å². The number of aromatic nitrogens is 3. The zero-order chi connectivity index (χ0) is 14.9. The van der Waals surface area contributed by atoms with E-state index in [2.05, 4.69) is 30.7 Å². The zero-order valence-corrected chi connectivity index (χ0v) is 12.8. The second-order valence-corrected chi connectivity index (χ2v) is 5.82. The largest absolute Gasteiger partial charge is 0.354 e. The number of allylic oxidation sites excluding steroid dienone is 1. The van der Waals surface area contributed by atoms with Crippen LogP contribution in [0, 0.1) is 11.8 Å². The van der Waals surface area contributed by atoms with Gasteiger partial charge in [-0.15, -0.1) is 0 Å². The van der Waals surface area contributed by atoms with Crippen molar-refractivity contribution in [3.63, 3.8) is 0 Å². The Balaban J connectivity index is 2.31. The molecule has 20 heavy (non-hydrogen) atoms. The quantitative estimate of drug-likeness (QED) is 0.852. The molecule has 5 nitrogen and oxygen atoms in total. The second kappa shape index (κ2) is 5.87. The molecule has 1 aromatic rings. The Kier molecular flexibility index (Phi) is 4.38. The van der Waals surface area contributed by atoms with Crippen LogP contribution in [-0.2, 0) is 4.74 Å². The molecule has 0 radical (unpaired) electrons. The number of nitrogens with zero attached hydrogens (tertiary/aromatic N) is 3. The molecule has 2 rings (SSSR count). The maximum absolute atomic E-state index is 12.2. The maximum Gasteiger partial charge on any atom is 0.352 e. The summed E-state index contributed by atoms with van der Waals surface area (Å²) in [6, 6.07) is 0. The van der Waals surface area contributed by atoms with E-state index in [1.807, 2.05) is 13.8 Å².